The Morgan fingerprint density at radius 3 is 2.88 bits per heavy atom. The Balaban J connectivity index is 1.49. The number of carbonyl (C=O) groups is 1. The summed E-state index contributed by atoms with van der Waals surface area (Å²) in [5, 5.41) is 11.6. The average molecular weight is 335 g/mol. The number of aromatic nitrogens is 4. The third-order valence-electron chi connectivity index (χ3n) is 4.69. The first-order valence-corrected chi connectivity index (χ1v) is 8.70. The van der Waals surface area contributed by atoms with Crippen LogP contribution in [-0.4, -0.2) is 31.3 Å². The van der Waals surface area contributed by atoms with Gasteiger partial charge in [-0.15, -0.1) is 10.2 Å². The number of amides is 1. The fraction of sp³-hybridized carbons (Fsp3) is 0.316. The smallest absolute Gasteiger partial charge is 0.251 e. The molecule has 0 bridgehead atoms. The highest BCUT2D eigenvalue weighted by Gasteiger charge is 2.23. The van der Waals surface area contributed by atoms with Crippen molar-refractivity contribution in [2.45, 2.75) is 38.8 Å². The third kappa shape index (κ3) is 3.07. The average Bonchev–Trinajstić information content (AvgIpc) is 3.31. The van der Waals surface area contributed by atoms with Crippen molar-refractivity contribution in [3.63, 3.8) is 0 Å². The highest BCUT2D eigenvalue weighted by Crippen LogP contribution is 2.17. The molecule has 0 unspecified atom stereocenters. The second kappa shape index (κ2) is 6.55. The van der Waals surface area contributed by atoms with E-state index >= 15 is 0 Å². The van der Waals surface area contributed by atoms with E-state index in [-0.39, 0.29) is 11.9 Å². The van der Waals surface area contributed by atoms with Crippen LogP contribution in [-0.2, 0) is 19.4 Å². The van der Waals surface area contributed by atoms with E-state index in [0.717, 1.165) is 43.1 Å². The van der Waals surface area contributed by atoms with Crippen molar-refractivity contribution in [2.75, 3.05) is 0 Å². The van der Waals surface area contributed by atoms with Gasteiger partial charge in [-0.25, -0.2) is 0 Å². The quantitative estimate of drug-likeness (QED) is 0.796. The van der Waals surface area contributed by atoms with E-state index in [0.29, 0.717) is 5.56 Å². The zero-order valence-electron chi connectivity index (χ0n) is 14.2. The summed E-state index contributed by atoms with van der Waals surface area (Å²) in [5.74, 6) is 1.98. The highest BCUT2D eigenvalue weighted by molar-refractivity contribution is 5.94. The van der Waals surface area contributed by atoms with E-state index in [2.05, 4.69) is 27.0 Å². The van der Waals surface area contributed by atoms with E-state index in [9.17, 15) is 4.79 Å². The predicted octanol–water partition coefficient (Wildman–Crippen LogP) is 2.38. The first kappa shape index (κ1) is 15.6. The number of fused-ring (bicyclic) bond motifs is 1. The summed E-state index contributed by atoms with van der Waals surface area (Å²) in [6.07, 6.45) is 6.54. The lowest BCUT2D eigenvalue weighted by Crippen LogP contribution is -2.41. The van der Waals surface area contributed by atoms with Crippen molar-refractivity contribution in [3.8, 4) is 5.69 Å². The topological polar surface area (TPSA) is 64.7 Å². The van der Waals surface area contributed by atoms with Crippen molar-refractivity contribution in [2.24, 2.45) is 0 Å². The molecular weight excluding hydrogens is 314 g/mol. The second-order valence-corrected chi connectivity index (χ2v) is 6.35. The normalized spacial score (nSPS) is 16.4. The van der Waals surface area contributed by atoms with Gasteiger partial charge in [0.15, 0.2) is 0 Å². The van der Waals surface area contributed by atoms with Crippen molar-refractivity contribution >= 4 is 5.91 Å². The Morgan fingerprint density at radius 2 is 2.08 bits per heavy atom. The fourth-order valence-corrected chi connectivity index (χ4v) is 3.35. The van der Waals surface area contributed by atoms with Crippen LogP contribution >= 0.6 is 0 Å². The monoisotopic (exact) mass is 335 g/mol. The Morgan fingerprint density at radius 1 is 1.24 bits per heavy atom. The highest BCUT2D eigenvalue weighted by atomic mass is 16.1. The minimum absolute atomic E-state index is 0.0337. The van der Waals surface area contributed by atoms with Crippen LogP contribution in [0, 0.1) is 0 Å². The zero-order valence-corrected chi connectivity index (χ0v) is 14.2. The van der Waals surface area contributed by atoms with E-state index in [1.807, 2.05) is 53.4 Å². The maximum atomic E-state index is 12.7. The minimum atomic E-state index is -0.0337. The Labute approximate surface area is 146 Å². The van der Waals surface area contributed by atoms with Gasteiger partial charge in [0.2, 0.25) is 0 Å². The van der Waals surface area contributed by atoms with Crippen LogP contribution in [0.4, 0.5) is 0 Å². The molecule has 2 aromatic heterocycles. The molecule has 0 fully saturated rings. The lowest BCUT2D eigenvalue weighted by atomic mass is 10.1. The van der Waals surface area contributed by atoms with Gasteiger partial charge in [-0.3, -0.25) is 4.79 Å². The molecule has 128 valence electrons. The second-order valence-electron chi connectivity index (χ2n) is 6.35. The molecule has 0 saturated heterocycles. The van der Waals surface area contributed by atoms with Crippen LogP contribution < -0.4 is 5.32 Å². The molecule has 1 atom stereocenters. The van der Waals surface area contributed by atoms with Gasteiger partial charge >= 0.3 is 0 Å². The first-order chi connectivity index (χ1) is 12.2. The van der Waals surface area contributed by atoms with Crippen LogP contribution in [0.25, 0.3) is 5.69 Å². The molecule has 6 heteroatoms. The van der Waals surface area contributed by atoms with Crippen molar-refractivity contribution in [3.05, 3.63) is 66.0 Å². The van der Waals surface area contributed by atoms with E-state index < -0.39 is 0 Å². The maximum Gasteiger partial charge on any atom is 0.251 e. The molecule has 1 aliphatic rings. The van der Waals surface area contributed by atoms with Crippen molar-refractivity contribution in [1.82, 2.24) is 24.6 Å². The molecule has 6 nitrogen and oxygen atoms in total. The summed E-state index contributed by atoms with van der Waals surface area (Å²) in [6.45, 7) is 2.82. The van der Waals surface area contributed by atoms with E-state index in [4.69, 9.17) is 0 Å². The Hall–Kier alpha value is -2.89. The minimum Gasteiger partial charge on any atom is -0.347 e. The number of rotatable bonds is 4. The van der Waals surface area contributed by atoms with Crippen LogP contribution in [0.3, 0.4) is 0 Å². The molecule has 0 aliphatic carbocycles. The fourth-order valence-electron chi connectivity index (χ4n) is 3.35. The largest absolute Gasteiger partial charge is 0.347 e. The Bertz CT molecular complexity index is 868. The lowest BCUT2D eigenvalue weighted by Gasteiger charge is -2.25. The SMILES string of the molecule is CCc1nnc2n1C[C@@H](NC(=O)c1cccc(-n3cccc3)c1)CC2. The van der Waals surface area contributed by atoms with Gasteiger partial charge in [-0.05, 0) is 36.8 Å². The van der Waals surface area contributed by atoms with Crippen molar-refractivity contribution in [1.29, 1.82) is 0 Å². The molecule has 25 heavy (non-hydrogen) atoms. The molecule has 3 heterocycles. The van der Waals surface area contributed by atoms with Crippen LogP contribution in [0.15, 0.2) is 48.8 Å². The van der Waals surface area contributed by atoms with Gasteiger partial charge in [0.1, 0.15) is 11.6 Å². The van der Waals surface area contributed by atoms with Gasteiger partial charge < -0.3 is 14.5 Å². The summed E-state index contributed by atoms with van der Waals surface area (Å²) in [5.41, 5.74) is 1.66. The number of nitrogens with one attached hydrogen (secondary N) is 1. The number of benzene rings is 1. The van der Waals surface area contributed by atoms with Crippen LogP contribution in [0.2, 0.25) is 0 Å². The van der Waals surface area contributed by atoms with Gasteiger partial charge in [-0.2, -0.15) is 0 Å². The summed E-state index contributed by atoms with van der Waals surface area (Å²) >= 11 is 0. The first-order valence-electron chi connectivity index (χ1n) is 8.70. The molecule has 1 N–H and O–H groups in total. The summed E-state index contributed by atoms with van der Waals surface area (Å²) < 4.78 is 4.14. The molecular formula is C19H21N5O. The van der Waals surface area contributed by atoms with Gasteiger partial charge in [0, 0.05) is 49.1 Å². The van der Waals surface area contributed by atoms with Crippen LogP contribution in [0.1, 0.15) is 35.4 Å². The molecule has 4 rings (SSSR count). The predicted molar refractivity (Wildman–Crippen MR) is 94.7 cm³/mol. The molecule has 1 amide bonds. The number of aryl methyl sites for hydroxylation is 2. The van der Waals surface area contributed by atoms with Gasteiger partial charge in [0.25, 0.3) is 5.91 Å². The number of hydrogen-bond donors (Lipinski definition) is 1. The number of carbonyl (C=O) groups excluding carboxylic acids is 1. The number of hydrogen-bond acceptors (Lipinski definition) is 3. The molecule has 1 aliphatic heterocycles. The summed E-state index contributed by atoms with van der Waals surface area (Å²) in [4.78, 5) is 12.7. The number of nitrogens with zero attached hydrogens (tertiary/aromatic N) is 4. The molecule has 3 aromatic rings. The summed E-state index contributed by atoms with van der Waals surface area (Å²) in [7, 11) is 0. The van der Waals surface area contributed by atoms with E-state index in [1.165, 1.54) is 0 Å². The van der Waals surface area contributed by atoms with Crippen LogP contribution in [0.5, 0.6) is 0 Å². The third-order valence-corrected chi connectivity index (χ3v) is 4.69. The maximum absolute atomic E-state index is 12.7. The lowest BCUT2D eigenvalue weighted by molar-refractivity contribution is 0.0927. The van der Waals surface area contributed by atoms with Crippen molar-refractivity contribution < 1.29 is 4.79 Å². The van der Waals surface area contributed by atoms with Gasteiger partial charge in [0.05, 0.1) is 0 Å². The molecule has 1 aromatic carbocycles. The standard InChI is InChI=1S/C19H21N5O/c1-2-17-21-22-18-9-8-15(13-24(17)18)20-19(25)14-6-5-7-16(12-14)23-10-3-4-11-23/h3-7,10-12,15H,2,8-9,13H2,1H3,(H,20,25)/t15-/m0/s1. The van der Waals surface area contributed by atoms with Gasteiger partial charge in [-0.1, -0.05) is 13.0 Å². The van der Waals surface area contributed by atoms with E-state index in [1.54, 1.807) is 0 Å². The summed E-state index contributed by atoms with van der Waals surface area (Å²) in [6, 6.07) is 11.7. The molecule has 0 radical (unpaired) electrons. The molecule has 0 saturated carbocycles. The Kier molecular flexibility index (Phi) is 4.09. The zero-order chi connectivity index (χ0) is 17.2. The molecule has 0 spiro atoms.